The van der Waals surface area contributed by atoms with Crippen LogP contribution >= 0.6 is 11.3 Å². The molecule has 0 bridgehead atoms. The van der Waals surface area contributed by atoms with E-state index < -0.39 is 5.92 Å². The summed E-state index contributed by atoms with van der Waals surface area (Å²) in [5.74, 6) is 0.749. The third kappa shape index (κ3) is 2.72. The molecule has 0 saturated heterocycles. The van der Waals surface area contributed by atoms with Gasteiger partial charge in [0.2, 0.25) is 0 Å². The largest absolute Gasteiger partial charge is 0.383 e. The van der Waals surface area contributed by atoms with E-state index in [-0.39, 0.29) is 5.78 Å². The third-order valence-electron chi connectivity index (χ3n) is 6.96. The smallest absolute Gasteiger partial charge is 0.161 e. The fraction of sp³-hybridized carbons (Fsp3) is 0.360. The Morgan fingerprint density at radius 2 is 2.03 bits per heavy atom. The number of carbonyl (C=O) groups is 1. The van der Waals surface area contributed by atoms with Crippen molar-refractivity contribution in [1.82, 2.24) is 4.98 Å². The summed E-state index contributed by atoms with van der Waals surface area (Å²) in [7, 11) is 0. The monoisotopic (exact) mass is 441 g/mol. The van der Waals surface area contributed by atoms with Gasteiger partial charge in [0.25, 0.3) is 0 Å². The molecule has 0 fully saturated rings. The molecular formula is C25H23N5OS. The molecule has 2 aromatic rings. The maximum absolute atomic E-state index is 13.3. The molecule has 4 aliphatic rings. The molecule has 6 rings (SSSR count). The maximum atomic E-state index is 13.3. The van der Waals surface area contributed by atoms with Crippen molar-refractivity contribution in [2.24, 2.45) is 10.7 Å². The zero-order valence-corrected chi connectivity index (χ0v) is 18.5. The van der Waals surface area contributed by atoms with Crippen molar-refractivity contribution >= 4 is 28.0 Å². The molecule has 32 heavy (non-hydrogen) atoms. The zero-order chi connectivity index (χ0) is 21.8. The second kappa shape index (κ2) is 7.42. The van der Waals surface area contributed by atoms with Crippen molar-refractivity contribution in [3.8, 4) is 6.07 Å². The highest BCUT2D eigenvalue weighted by molar-refractivity contribution is 7.17. The van der Waals surface area contributed by atoms with E-state index in [0.717, 1.165) is 59.5 Å². The van der Waals surface area contributed by atoms with Crippen LogP contribution in [0.3, 0.4) is 0 Å². The molecule has 0 amide bonds. The molecule has 0 radical (unpaired) electrons. The van der Waals surface area contributed by atoms with Gasteiger partial charge in [0.15, 0.2) is 11.6 Å². The van der Waals surface area contributed by atoms with Crippen LogP contribution in [-0.4, -0.2) is 16.6 Å². The number of nitrogens with zero attached hydrogens (tertiary/aromatic N) is 4. The number of aromatic nitrogens is 1. The fourth-order valence-electron chi connectivity index (χ4n) is 5.57. The lowest BCUT2D eigenvalue weighted by Gasteiger charge is -2.40. The van der Waals surface area contributed by atoms with Gasteiger partial charge >= 0.3 is 0 Å². The summed E-state index contributed by atoms with van der Waals surface area (Å²) < 4.78 is 0. The molecule has 4 heterocycles. The van der Waals surface area contributed by atoms with Crippen molar-refractivity contribution in [3.05, 3.63) is 68.8 Å². The molecule has 160 valence electrons. The summed E-state index contributed by atoms with van der Waals surface area (Å²) in [4.78, 5) is 25.8. The van der Waals surface area contributed by atoms with E-state index in [1.54, 1.807) is 23.7 Å². The summed E-state index contributed by atoms with van der Waals surface area (Å²) in [6, 6.07) is 6.18. The van der Waals surface area contributed by atoms with Crippen molar-refractivity contribution < 1.29 is 4.79 Å². The summed E-state index contributed by atoms with van der Waals surface area (Å²) in [6.07, 6.45) is 11.2. The number of Topliss-reactive ketones (excluding diaryl/α,β-unsaturated/α-hetero) is 1. The van der Waals surface area contributed by atoms with Crippen LogP contribution in [0, 0.1) is 11.3 Å². The third-order valence-corrected chi connectivity index (χ3v) is 8.23. The molecule has 2 aliphatic carbocycles. The van der Waals surface area contributed by atoms with E-state index >= 15 is 0 Å². The Morgan fingerprint density at radius 1 is 1.16 bits per heavy atom. The second-order valence-corrected chi connectivity index (χ2v) is 9.87. The predicted molar refractivity (Wildman–Crippen MR) is 124 cm³/mol. The summed E-state index contributed by atoms with van der Waals surface area (Å²) in [5.41, 5.74) is 11.9. The van der Waals surface area contributed by atoms with Gasteiger partial charge in [-0.3, -0.25) is 14.7 Å². The Hall–Kier alpha value is -3.24. The first kappa shape index (κ1) is 19.4. The van der Waals surface area contributed by atoms with Crippen molar-refractivity contribution in [3.63, 3.8) is 0 Å². The molecule has 6 nitrogen and oxygen atoms in total. The van der Waals surface area contributed by atoms with Crippen LogP contribution in [0.25, 0.3) is 0 Å². The van der Waals surface area contributed by atoms with E-state index in [2.05, 4.69) is 16.0 Å². The second-order valence-electron chi connectivity index (χ2n) is 8.78. The highest BCUT2D eigenvalue weighted by Gasteiger charge is 2.44. The van der Waals surface area contributed by atoms with Crippen molar-refractivity contribution in [1.29, 1.82) is 5.26 Å². The van der Waals surface area contributed by atoms with Crippen LogP contribution < -0.4 is 10.6 Å². The Labute approximate surface area is 190 Å². The lowest BCUT2D eigenvalue weighted by molar-refractivity contribution is -0.116. The normalized spacial score (nSPS) is 22.3. The first-order valence-corrected chi connectivity index (χ1v) is 12.1. The van der Waals surface area contributed by atoms with Gasteiger partial charge in [-0.25, -0.2) is 4.99 Å². The summed E-state index contributed by atoms with van der Waals surface area (Å²) in [5, 5.41) is 11.3. The van der Waals surface area contributed by atoms with Crippen LogP contribution in [0.2, 0.25) is 0 Å². The number of nitrogens with two attached hydrogens (primary N) is 1. The number of allylic oxidation sites excluding steroid dienone is 3. The molecule has 0 spiro atoms. The van der Waals surface area contributed by atoms with Crippen LogP contribution in [-0.2, 0) is 17.6 Å². The number of hydrogen-bond acceptors (Lipinski definition) is 7. The lowest BCUT2D eigenvalue weighted by atomic mass is 9.76. The van der Waals surface area contributed by atoms with E-state index in [1.807, 2.05) is 12.1 Å². The van der Waals surface area contributed by atoms with Crippen LogP contribution in [0.15, 0.2) is 52.2 Å². The average Bonchev–Trinajstić information content (AvgIpc) is 3.02. The summed E-state index contributed by atoms with van der Waals surface area (Å²) >= 11 is 1.77. The number of aliphatic imine (C=N–C) groups is 1. The van der Waals surface area contributed by atoms with Gasteiger partial charge in [0, 0.05) is 35.0 Å². The number of amidine groups is 1. The van der Waals surface area contributed by atoms with Gasteiger partial charge in [-0.2, -0.15) is 5.26 Å². The minimum Gasteiger partial charge on any atom is -0.383 e. The minimum absolute atomic E-state index is 0.120. The van der Waals surface area contributed by atoms with Crippen molar-refractivity contribution in [2.75, 3.05) is 4.90 Å². The number of ketones is 1. The minimum atomic E-state index is -0.446. The molecule has 7 heteroatoms. The molecule has 1 atom stereocenters. The molecule has 0 aromatic carbocycles. The first-order valence-electron chi connectivity index (χ1n) is 11.3. The highest BCUT2D eigenvalue weighted by Crippen LogP contribution is 2.52. The zero-order valence-electron chi connectivity index (χ0n) is 17.7. The van der Waals surface area contributed by atoms with Crippen molar-refractivity contribution in [2.45, 2.75) is 57.3 Å². The van der Waals surface area contributed by atoms with Gasteiger partial charge in [0.05, 0.1) is 23.1 Å². The number of carbonyl (C=O) groups excluding carboxylic acids is 1. The molecule has 2 aliphatic heterocycles. The highest BCUT2D eigenvalue weighted by atomic mass is 32.1. The Kier molecular flexibility index (Phi) is 4.51. The Morgan fingerprint density at radius 3 is 2.84 bits per heavy atom. The molecular weight excluding hydrogens is 418 g/mol. The van der Waals surface area contributed by atoms with Crippen LogP contribution in [0.5, 0.6) is 0 Å². The summed E-state index contributed by atoms with van der Waals surface area (Å²) in [6.45, 7) is 0. The van der Waals surface area contributed by atoms with Gasteiger partial charge in [-0.15, -0.1) is 11.3 Å². The predicted octanol–water partition coefficient (Wildman–Crippen LogP) is 4.48. The number of aryl methyl sites for hydroxylation is 1. The maximum Gasteiger partial charge on any atom is 0.161 e. The first-order chi connectivity index (χ1) is 15.7. The van der Waals surface area contributed by atoms with E-state index in [4.69, 9.17) is 10.7 Å². The molecule has 0 unspecified atom stereocenters. The Bertz CT molecular complexity index is 1280. The van der Waals surface area contributed by atoms with Gasteiger partial charge in [0.1, 0.15) is 10.8 Å². The number of anilines is 1. The van der Waals surface area contributed by atoms with E-state index in [0.29, 0.717) is 23.7 Å². The molecule has 2 N–H and O–H groups in total. The number of thiophene rings is 1. The van der Waals surface area contributed by atoms with Crippen LogP contribution in [0.1, 0.15) is 66.0 Å². The number of hydrogen-bond donors (Lipinski definition) is 1. The fourth-order valence-corrected chi connectivity index (χ4v) is 7.00. The van der Waals surface area contributed by atoms with Gasteiger partial charge in [-0.1, -0.05) is 12.5 Å². The number of fused-ring (bicyclic) bond motifs is 6. The Balaban J connectivity index is 1.64. The van der Waals surface area contributed by atoms with Gasteiger partial charge < -0.3 is 5.73 Å². The van der Waals surface area contributed by atoms with Crippen LogP contribution in [0.4, 0.5) is 5.00 Å². The SMILES string of the molecule is N#CC1=C2N=C(N)c3c(sc4c3CCCCC4)N2C2=C(C(=O)CCC2)[C@@H]1c1cccnc1. The quantitative estimate of drug-likeness (QED) is 0.659. The average molecular weight is 442 g/mol. The van der Waals surface area contributed by atoms with E-state index in [9.17, 15) is 10.1 Å². The standard InChI is InChI=1S/C25H23N5OS/c26-12-16-20(14-6-5-11-28-13-14)22-17(8-4-9-18(22)31)30-24(16)29-23(27)21-15-7-2-1-3-10-19(15)32-25(21)30/h5-6,11,13,20H,1-4,7-10H2,(H2,27,29)/t20-/m1/s1. The molecule has 2 aromatic heterocycles. The topological polar surface area (TPSA) is 95.4 Å². The van der Waals surface area contributed by atoms with Gasteiger partial charge in [-0.05, 0) is 55.7 Å². The number of rotatable bonds is 1. The molecule has 0 saturated carbocycles. The number of pyridine rings is 1. The lowest BCUT2D eigenvalue weighted by Crippen LogP contribution is -2.38. The van der Waals surface area contributed by atoms with E-state index in [1.165, 1.54) is 23.3 Å². The number of nitriles is 1.